The highest BCUT2D eigenvalue weighted by molar-refractivity contribution is 6.07. The average molecular weight is 239 g/mol. The number of imidazole rings is 1. The second-order valence-corrected chi connectivity index (χ2v) is 3.73. The summed E-state index contributed by atoms with van der Waals surface area (Å²) in [7, 11) is 0. The van der Waals surface area contributed by atoms with Crippen molar-refractivity contribution < 1.29 is 4.79 Å². The molecule has 6 nitrogen and oxygen atoms in total. The first-order valence-corrected chi connectivity index (χ1v) is 5.32. The molecule has 3 N–H and O–H groups in total. The van der Waals surface area contributed by atoms with E-state index in [9.17, 15) is 4.79 Å². The van der Waals surface area contributed by atoms with Crippen molar-refractivity contribution >= 4 is 22.8 Å². The number of aromatic nitrogens is 4. The first-order chi connectivity index (χ1) is 8.75. The number of carbonyl (C=O) groups is 1. The maximum absolute atomic E-state index is 12.1. The number of nitrogens with zero attached hydrogens (tertiary/aromatic N) is 3. The van der Waals surface area contributed by atoms with Gasteiger partial charge in [-0.25, -0.2) is 15.0 Å². The minimum atomic E-state index is -0.271. The van der Waals surface area contributed by atoms with Crippen LogP contribution in [0.2, 0.25) is 0 Å². The molecular formula is C12H9N5O. The molecule has 0 amide bonds. The summed E-state index contributed by atoms with van der Waals surface area (Å²) in [5.74, 6) is 0.00211. The Balaban J connectivity index is 2.12. The van der Waals surface area contributed by atoms with Crippen LogP contribution < -0.4 is 5.73 Å². The fourth-order valence-corrected chi connectivity index (χ4v) is 1.68. The molecule has 0 aliphatic rings. The van der Waals surface area contributed by atoms with Gasteiger partial charge in [0.05, 0.1) is 6.33 Å². The number of nitrogens with two attached hydrogens (primary N) is 1. The Morgan fingerprint density at radius 1 is 1.17 bits per heavy atom. The van der Waals surface area contributed by atoms with Gasteiger partial charge in [0.1, 0.15) is 5.52 Å². The number of hydrogen-bond acceptors (Lipinski definition) is 5. The SMILES string of the molecule is Nc1nc(C(=O)c2ccccc2)nc2nc[nH]c12. The molecule has 0 saturated carbocycles. The summed E-state index contributed by atoms with van der Waals surface area (Å²) in [6.45, 7) is 0. The summed E-state index contributed by atoms with van der Waals surface area (Å²) in [4.78, 5) is 27.0. The van der Waals surface area contributed by atoms with Crippen LogP contribution in [0.5, 0.6) is 0 Å². The van der Waals surface area contributed by atoms with E-state index < -0.39 is 0 Å². The normalized spacial score (nSPS) is 10.7. The molecule has 18 heavy (non-hydrogen) atoms. The summed E-state index contributed by atoms with van der Waals surface area (Å²) < 4.78 is 0. The molecule has 0 aliphatic heterocycles. The zero-order chi connectivity index (χ0) is 12.5. The van der Waals surface area contributed by atoms with Crippen molar-refractivity contribution in [2.24, 2.45) is 0 Å². The van der Waals surface area contributed by atoms with Crippen molar-refractivity contribution in [2.45, 2.75) is 0 Å². The number of ketones is 1. The van der Waals surface area contributed by atoms with Crippen LogP contribution in [0.4, 0.5) is 5.82 Å². The molecule has 0 aliphatic carbocycles. The average Bonchev–Trinajstić information content (AvgIpc) is 2.88. The van der Waals surface area contributed by atoms with Gasteiger partial charge >= 0.3 is 0 Å². The Morgan fingerprint density at radius 3 is 2.72 bits per heavy atom. The number of hydrogen-bond donors (Lipinski definition) is 2. The van der Waals surface area contributed by atoms with Gasteiger partial charge < -0.3 is 10.7 Å². The molecule has 3 aromatic rings. The zero-order valence-corrected chi connectivity index (χ0v) is 9.29. The van der Waals surface area contributed by atoms with Gasteiger partial charge in [0.2, 0.25) is 11.6 Å². The highest BCUT2D eigenvalue weighted by Gasteiger charge is 2.15. The highest BCUT2D eigenvalue weighted by atomic mass is 16.1. The largest absolute Gasteiger partial charge is 0.382 e. The lowest BCUT2D eigenvalue weighted by Crippen LogP contribution is -2.09. The van der Waals surface area contributed by atoms with Gasteiger partial charge in [-0.2, -0.15) is 0 Å². The molecule has 0 spiro atoms. The minimum Gasteiger partial charge on any atom is -0.382 e. The quantitative estimate of drug-likeness (QED) is 0.654. The number of benzene rings is 1. The van der Waals surface area contributed by atoms with Crippen LogP contribution in [0.25, 0.3) is 11.2 Å². The number of aromatic amines is 1. The Labute approximate surface area is 102 Å². The van der Waals surface area contributed by atoms with Gasteiger partial charge in [-0.1, -0.05) is 30.3 Å². The standard InChI is InChI=1S/C12H9N5O/c13-10-8-11(15-6-14-8)17-12(16-10)9(18)7-4-2-1-3-5-7/h1-6H,(H3,13,14,15,16,17). The molecule has 0 bridgehead atoms. The number of nitrogens with one attached hydrogen (secondary N) is 1. The van der Waals surface area contributed by atoms with Gasteiger partial charge in [0.15, 0.2) is 11.5 Å². The van der Waals surface area contributed by atoms with Crippen molar-refractivity contribution in [3.63, 3.8) is 0 Å². The van der Waals surface area contributed by atoms with E-state index >= 15 is 0 Å². The van der Waals surface area contributed by atoms with Crippen LogP contribution in [-0.4, -0.2) is 25.7 Å². The Kier molecular flexibility index (Phi) is 2.26. The number of carbonyl (C=O) groups excluding carboxylic acids is 1. The Morgan fingerprint density at radius 2 is 1.94 bits per heavy atom. The first-order valence-electron chi connectivity index (χ1n) is 5.32. The third-order valence-corrected chi connectivity index (χ3v) is 2.55. The van der Waals surface area contributed by atoms with E-state index in [1.54, 1.807) is 24.3 Å². The van der Waals surface area contributed by atoms with E-state index in [2.05, 4.69) is 19.9 Å². The predicted molar refractivity (Wildman–Crippen MR) is 66.0 cm³/mol. The molecular weight excluding hydrogens is 230 g/mol. The van der Waals surface area contributed by atoms with Crippen LogP contribution in [0.15, 0.2) is 36.7 Å². The monoisotopic (exact) mass is 239 g/mol. The van der Waals surface area contributed by atoms with Crippen LogP contribution >= 0.6 is 0 Å². The van der Waals surface area contributed by atoms with Crippen LogP contribution in [-0.2, 0) is 0 Å². The smallest absolute Gasteiger partial charge is 0.230 e. The van der Waals surface area contributed by atoms with E-state index in [0.717, 1.165) is 0 Å². The molecule has 2 aromatic heterocycles. The molecule has 2 heterocycles. The van der Waals surface area contributed by atoms with Crippen molar-refractivity contribution in [1.82, 2.24) is 19.9 Å². The van der Waals surface area contributed by atoms with Crippen molar-refractivity contribution in [2.75, 3.05) is 5.73 Å². The zero-order valence-electron chi connectivity index (χ0n) is 9.29. The van der Waals surface area contributed by atoms with E-state index in [1.165, 1.54) is 6.33 Å². The first kappa shape index (κ1) is 10.4. The number of nitrogen functional groups attached to an aromatic ring is 1. The van der Waals surface area contributed by atoms with E-state index in [-0.39, 0.29) is 17.4 Å². The maximum atomic E-state index is 12.1. The molecule has 0 atom stereocenters. The summed E-state index contributed by atoms with van der Waals surface area (Å²) in [6.07, 6.45) is 1.46. The predicted octanol–water partition coefficient (Wildman–Crippen LogP) is 1.17. The van der Waals surface area contributed by atoms with Gasteiger partial charge in [-0.15, -0.1) is 0 Å². The minimum absolute atomic E-state index is 0.0540. The third-order valence-electron chi connectivity index (χ3n) is 2.55. The molecule has 6 heteroatoms. The fourth-order valence-electron chi connectivity index (χ4n) is 1.68. The fraction of sp³-hybridized carbons (Fsp3) is 0. The van der Waals surface area contributed by atoms with Gasteiger partial charge in [0.25, 0.3) is 0 Å². The summed E-state index contributed by atoms with van der Waals surface area (Å²) >= 11 is 0. The third kappa shape index (κ3) is 1.60. The second kappa shape index (κ2) is 3.92. The van der Waals surface area contributed by atoms with Crippen molar-refractivity contribution in [3.05, 3.63) is 48.0 Å². The molecule has 1 aromatic carbocycles. The number of H-pyrrole nitrogens is 1. The summed E-state index contributed by atoms with van der Waals surface area (Å²) in [5, 5.41) is 0. The van der Waals surface area contributed by atoms with E-state index in [4.69, 9.17) is 5.73 Å². The van der Waals surface area contributed by atoms with Crippen molar-refractivity contribution in [1.29, 1.82) is 0 Å². The van der Waals surface area contributed by atoms with Gasteiger partial charge in [-0.05, 0) is 0 Å². The van der Waals surface area contributed by atoms with Gasteiger partial charge in [0, 0.05) is 5.56 Å². The number of rotatable bonds is 2. The topological polar surface area (TPSA) is 97.6 Å². The maximum Gasteiger partial charge on any atom is 0.230 e. The molecule has 3 rings (SSSR count). The Bertz CT molecular complexity index is 720. The van der Waals surface area contributed by atoms with Crippen LogP contribution in [0, 0.1) is 0 Å². The highest BCUT2D eigenvalue weighted by Crippen LogP contribution is 2.14. The molecule has 88 valence electrons. The molecule has 0 unspecified atom stereocenters. The van der Waals surface area contributed by atoms with Crippen LogP contribution in [0.1, 0.15) is 16.2 Å². The van der Waals surface area contributed by atoms with E-state index in [1.807, 2.05) is 6.07 Å². The second-order valence-electron chi connectivity index (χ2n) is 3.73. The van der Waals surface area contributed by atoms with Gasteiger partial charge in [-0.3, -0.25) is 4.79 Å². The van der Waals surface area contributed by atoms with Crippen LogP contribution in [0.3, 0.4) is 0 Å². The number of anilines is 1. The Hall–Kier alpha value is -2.76. The lowest BCUT2D eigenvalue weighted by molar-refractivity contribution is 0.103. The summed E-state index contributed by atoms with van der Waals surface area (Å²) in [6, 6.07) is 8.81. The lowest BCUT2D eigenvalue weighted by atomic mass is 10.1. The lowest BCUT2D eigenvalue weighted by Gasteiger charge is -2.01. The summed E-state index contributed by atoms with van der Waals surface area (Å²) in [5.41, 5.74) is 7.19. The molecule has 0 radical (unpaired) electrons. The van der Waals surface area contributed by atoms with E-state index in [0.29, 0.717) is 16.7 Å². The molecule has 0 fully saturated rings. The molecule has 0 saturated heterocycles. The number of fused-ring (bicyclic) bond motifs is 1. The van der Waals surface area contributed by atoms with Crippen molar-refractivity contribution in [3.8, 4) is 0 Å².